The molecule has 86 heavy (non-hydrogen) atoms. The molecule has 0 aromatic heterocycles. The van der Waals surface area contributed by atoms with Crippen LogP contribution < -0.4 is 5.32 Å². The van der Waals surface area contributed by atoms with Crippen LogP contribution in [0.25, 0.3) is 0 Å². The minimum Gasteiger partial charge on any atom is -0.466 e. The quantitative estimate of drug-likeness (QED) is 0.0320. The molecule has 6 nitrogen and oxygen atoms in total. The summed E-state index contributed by atoms with van der Waals surface area (Å²) < 4.78 is 5.52. The van der Waals surface area contributed by atoms with Crippen LogP contribution in [-0.2, 0) is 14.3 Å². The molecule has 2 atom stereocenters. The van der Waals surface area contributed by atoms with E-state index in [0.717, 1.165) is 38.5 Å². The number of hydrogen-bond acceptors (Lipinski definition) is 5. The van der Waals surface area contributed by atoms with Crippen molar-refractivity contribution in [1.82, 2.24) is 5.32 Å². The summed E-state index contributed by atoms with van der Waals surface area (Å²) in [6.45, 7) is 5.02. The Kier molecular flexibility index (Phi) is 74.8. The largest absolute Gasteiger partial charge is 0.466 e. The van der Waals surface area contributed by atoms with E-state index in [1.54, 1.807) is 0 Å². The Morgan fingerprint density at radius 3 is 0.826 bits per heavy atom. The number of hydrogen-bond donors (Lipinski definition) is 3. The predicted molar refractivity (Wildman–Crippen MR) is 380 cm³/mol. The zero-order valence-electron chi connectivity index (χ0n) is 58.8. The highest BCUT2D eigenvalue weighted by Crippen LogP contribution is 2.20. The van der Waals surface area contributed by atoms with E-state index in [9.17, 15) is 19.8 Å². The standard InChI is InChI=1S/C80H157NO5/c1-3-5-7-9-11-13-15-17-19-21-23-24-30-33-37-40-44-48-52-56-60-64-68-72-78(83)77(76-82)81-79(84)73-69-65-61-57-53-49-45-41-38-34-31-28-26-25-27-29-32-35-39-43-47-51-55-59-63-67-71-75-86-80(85)74-70-66-62-58-54-50-46-42-36-22-20-18-16-14-12-10-8-6-4-2/h25-26,77-78,82-83H,3-24,27-76H2,1-2H3,(H,81,84)/b26-25-. The number of ether oxygens (including phenoxy) is 1. The van der Waals surface area contributed by atoms with Crippen LogP contribution in [0.2, 0.25) is 0 Å². The molecule has 0 saturated carbocycles. The summed E-state index contributed by atoms with van der Waals surface area (Å²) in [7, 11) is 0. The molecular formula is C80H157NO5. The van der Waals surface area contributed by atoms with Gasteiger partial charge in [-0.2, -0.15) is 0 Å². The molecule has 512 valence electrons. The third-order valence-corrected chi connectivity index (χ3v) is 19.1. The SMILES string of the molecule is CCCCCCCCCCCCCCCCCCCCCCCCCC(O)C(CO)NC(=O)CCCCCCCCCCCCC/C=C\CCCCCCCCCCCCCCOC(=O)CCCCCCCCCCCCCCCCCCCCC. The first kappa shape index (κ1) is 84.6. The summed E-state index contributed by atoms with van der Waals surface area (Å²) >= 11 is 0. The van der Waals surface area contributed by atoms with Crippen LogP contribution in [0.15, 0.2) is 12.2 Å². The molecule has 0 rings (SSSR count). The van der Waals surface area contributed by atoms with Crippen LogP contribution in [0.4, 0.5) is 0 Å². The van der Waals surface area contributed by atoms with Crippen molar-refractivity contribution >= 4 is 11.9 Å². The first-order valence-corrected chi connectivity index (χ1v) is 39.9. The van der Waals surface area contributed by atoms with E-state index in [-0.39, 0.29) is 18.5 Å². The number of carbonyl (C=O) groups is 2. The number of esters is 1. The van der Waals surface area contributed by atoms with Gasteiger partial charge in [-0.15, -0.1) is 0 Å². The highest BCUT2D eigenvalue weighted by Gasteiger charge is 2.20. The Labute approximate surface area is 539 Å². The van der Waals surface area contributed by atoms with E-state index >= 15 is 0 Å². The molecule has 3 N–H and O–H groups in total. The average molecular weight is 1210 g/mol. The molecule has 0 aromatic carbocycles. The second-order valence-electron chi connectivity index (χ2n) is 27.8. The number of allylic oxidation sites excluding steroid dienone is 2. The van der Waals surface area contributed by atoms with Gasteiger partial charge in [0.1, 0.15) is 0 Å². The van der Waals surface area contributed by atoms with Crippen molar-refractivity contribution in [2.45, 2.75) is 475 Å². The van der Waals surface area contributed by atoms with E-state index in [0.29, 0.717) is 25.9 Å². The molecule has 0 aliphatic rings. The van der Waals surface area contributed by atoms with Gasteiger partial charge in [-0.25, -0.2) is 0 Å². The molecule has 0 saturated heterocycles. The lowest BCUT2D eigenvalue weighted by Gasteiger charge is -2.22. The minimum absolute atomic E-state index is 0.0215. The maximum Gasteiger partial charge on any atom is 0.305 e. The van der Waals surface area contributed by atoms with Gasteiger partial charge in [0.15, 0.2) is 0 Å². The molecule has 0 heterocycles. The normalized spacial score (nSPS) is 12.5. The van der Waals surface area contributed by atoms with Crippen LogP contribution in [0.3, 0.4) is 0 Å². The van der Waals surface area contributed by atoms with Crippen molar-refractivity contribution in [2.24, 2.45) is 0 Å². The summed E-state index contributed by atoms with van der Waals surface area (Å²) in [5.74, 6) is -0.00840. The smallest absolute Gasteiger partial charge is 0.305 e. The van der Waals surface area contributed by atoms with Gasteiger partial charge in [-0.1, -0.05) is 411 Å². The maximum atomic E-state index is 12.6. The van der Waals surface area contributed by atoms with Crippen LogP contribution >= 0.6 is 0 Å². The zero-order chi connectivity index (χ0) is 62.0. The van der Waals surface area contributed by atoms with Crippen LogP contribution in [0.1, 0.15) is 463 Å². The van der Waals surface area contributed by atoms with Gasteiger partial charge in [-0.05, 0) is 51.4 Å². The lowest BCUT2D eigenvalue weighted by molar-refractivity contribution is -0.143. The van der Waals surface area contributed by atoms with E-state index in [1.165, 1.54) is 392 Å². The fraction of sp³-hybridized carbons (Fsp3) is 0.950. The van der Waals surface area contributed by atoms with Gasteiger partial charge in [-0.3, -0.25) is 9.59 Å². The maximum absolute atomic E-state index is 12.6. The third-order valence-electron chi connectivity index (χ3n) is 19.1. The Hall–Kier alpha value is -1.40. The van der Waals surface area contributed by atoms with Crippen LogP contribution in [-0.4, -0.2) is 47.4 Å². The third kappa shape index (κ3) is 71.7. The van der Waals surface area contributed by atoms with E-state index in [4.69, 9.17) is 4.74 Å². The Balaban J connectivity index is 3.36. The zero-order valence-corrected chi connectivity index (χ0v) is 58.8. The van der Waals surface area contributed by atoms with Crippen molar-refractivity contribution in [1.29, 1.82) is 0 Å². The molecule has 0 bridgehead atoms. The first-order chi connectivity index (χ1) is 42.5. The summed E-state index contributed by atoms with van der Waals surface area (Å²) in [5.41, 5.74) is 0. The van der Waals surface area contributed by atoms with E-state index < -0.39 is 12.1 Å². The predicted octanol–water partition coefficient (Wildman–Crippen LogP) is 26.3. The second-order valence-corrected chi connectivity index (χ2v) is 27.8. The van der Waals surface area contributed by atoms with Gasteiger partial charge in [0.2, 0.25) is 5.91 Å². The first-order valence-electron chi connectivity index (χ1n) is 39.9. The summed E-state index contributed by atoms with van der Waals surface area (Å²) in [4.78, 5) is 24.7. The molecular weight excluding hydrogens is 1050 g/mol. The molecule has 0 aliphatic carbocycles. The van der Waals surface area contributed by atoms with Gasteiger partial charge < -0.3 is 20.3 Å². The number of unbranched alkanes of at least 4 members (excludes halogenated alkanes) is 63. The molecule has 0 fully saturated rings. The van der Waals surface area contributed by atoms with Crippen molar-refractivity contribution < 1.29 is 24.5 Å². The molecule has 2 unspecified atom stereocenters. The Morgan fingerprint density at radius 1 is 0.314 bits per heavy atom. The van der Waals surface area contributed by atoms with Crippen molar-refractivity contribution in [2.75, 3.05) is 13.2 Å². The van der Waals surface area contributed by atoms with Crippen molar-refractivity contribution in [3.05, 3.63) is 12.2 Å². The molecule has 0 aromatic rings. The second kappa shape index (κ2) is 76.1. The fourth-order valence-corrected chi connectivity index (χ4v) is 13.0. The number of rotatable bonds is 76. The Morgan fingerprint density at radius 2 is 0.547 bits per heavy atom. The highest BCUT2D eigenvalue weighted by atomic mass is 16.5. The van der Waals surface area contributed by atoms with Crippen LogP contribution in [0, 0.1) is 0 Å². The monoisotopic (exact) mass is 1210 g/mol. The van der Waals surface area contributed by atoms with Gasteiger partial charge in [0.25, 0.3) is 0 Å². The van der Waals surface area contributed by atoms with Crippen LogP contribution in [0.5, 0.6) is 0 Å². The molecule has 6 heteroatoms. The van der Waals surface area contributed by atoms with E-state index in [2.05, 4.69) is 31.3 Å². The number of amides is 1. The van der Waals surface area contributed by atoms with Crippen molar-refractivity contribution in [3.8, 4) is 0 Å². The minimum atomic E-state index is -0.666. The average Bonchev–Trinajstić information content (AvgIpc) is 3.54. The number of aliphatic hydroxyl groups excluding tert-OH is 2. The Bertz CT molecular complexity index is 1300. The molecule has 0 aliphatic heterocycles. The molecule has 0 radical (unpaired) electrons. The van der Waals surface area contributed by atoms with Gasteiger partial charge in [0, 0.05) is 12.8 Å². The summed E-state index contributed by atoms with van der Waals surface area (Å²) in [6.07, 6.45) is 95.8. The molecule has 1 amide bonds. The topological polar surface area (TPSA) is 95.9 Å². The molecule has 0 spiro atoms. The van der Waals surface area contributed by atoms with Crippen molar-refractivity contribution in [3.63, 3.8) is 0 Å². The number of carbonyl (C=O) groups excluding carboxylic acids is 2. The van der Waals surface area contributed by atoms with Gasteiger partial charge >= 0.3 is 5.97 Å². The number of aliphatic hydroxyl groups is 2. The lowest BCUT2D eigenvalue weighted by Crippen LogP contribution is -2.45. The van der Waals surface area contributed by atoms with E-state index in [1.807, 2.05) is 0 Å². The fourth-order valence-electron chi connectivity index (χ4n) is 13.0. The highest BCUT2D eigenvalue weighted by molar-refractivity contribution is 5.76. The lowest BCUT2D eigenvalue weighted by atomic mass is 10.0. The summed E-state index contributed by atoms with van der Waals surface area (Å²) in [5, 5.41) is 23.5. The summed E-state index contributed by atoms with van der Waals surface area (Å²) in [6, 6.07) is -0.543. The number of nitrogens with one attached hydrogen (secondary N) is 1. The van der Waals surface area contributed by atoms with Gasteiger partial charge in [0.05, 0.1) is 25.4 Å².